The highest BCUT2D eigenvalue weighted by Crippen LogP contribution is 2.28. The van der Waals surface area contributed by atoms with Crippen molar-refractivity contribution in [3.8, 4) is 11.5 Å². The van der Waals surface area contributed by atoms with Crippen LogP contribution in [0.15, 0.2) is 21.6 Å². The Hall–Kier alpha value is -2.90. The molecule has 3 aromatic heterocycles. The molecule has 0 N–H and O–H groups in total. The molecule has 14 heteroatoms. The van der Waals surface area contributed by atoms with Crippen LogP contribution < -0.4 is 9.84 Å². The van der Waals surface area contributed by atoms with Crippen molar-refractivity contribution in [2.45, 2.75) is 38.6 Å². The Morgan fingerprint density at radius 3 is 2.36 bits per heavy atom. The summed E-state index contributed by atoms with van der Waals surface area (Å²) in [6.07, 6.45) is 1.11. The van der Waals surface area contributed by atoms with E-state index in [-0.39, 0.29) is 27.4 Å². The summed E-state index contributed by atoms with van der Waals surface area (Å²) in [5.74, 6) is 0.0917. The van der Waals surface area contributed by atoms with E-state index in [1.165, 1.54) is 6.07 Å². The number of nitrogens with zero attached hydrogens (tertiary/aromatic N) is 5. The molecule has 28 heavy (non-hydrogen) atoms. The molecular formula is C14H14F3N5O5S. The summed E-state index contributed by atoms with van der Waals surface area (Å²) >= 11 is 0. The van der Waals surface area contributed by atoms with Crippen molar-refractivity contribution >= 4 is 15.6 Å². The van der Waals surface area contributed by atoms with E-state index in [0.29, 0.717) is 5.76 Å². The van der Waals surface area contributed by atoms with Crippen LogP contribution in [-0.4, -0.2) is 38.6 Å². The van der Waals surface area contributed by atoms with Crippen LogP contribution in [0.3, 0.4) is 0 Å². The fourth-order valence-corrected chi connectivity index (χ4v) is 2.94. The molecule has 0 saturated heterocycles. The van der Waals surface area contributed by atoms with E-state index in [1.807, 2.05) is 0 Å². The molecule has 0 radical (unpaired) electrons. The van der Waals surface area contributed by atoms with Gasteiger partial charge in [-0.15, -0.1) is 5.10 Å². The van der Waals surface area contributed by atoms with Crippen molar-refractivity contribution < 1.29 is 30.4 Å². The Morgan fingerprint density at radius 2 is 1.86 bits per heavy atom. The molecule has 0 bridgehead atoms. The van der Waals surface area contributed by atoms with Crippen molar-refractivity contribution in [2.24, 2.45) is 0 Å². The van der Waals surface area contributed by atoms with Gasteiger partial charge in [0.1, 0.15) is 5.76 Å². The molecule has 0 aromatic carbocycles. The predicted octanol–water partition coefficient (Wildman–Crippen LogP) is 1.43. The Bertz CT molecular complexity index is 1220. The van der Waals surface area contributed by atoms with Crippen LogP contribution >= 0.6 is 0 Å². The fourth-order valence-electron chi connectivity index (χ4n) is 2.54. The summed E-state index contributed by atoms with van der Waals surface area (Å²) in [6.45, 7) is 6.41. The quantitative estimate of drug-likeness (QED) is 0.582. The number of rotatable bonds is 3. The predicted molar refractivity (Wildman–Crippen MR) is 87.7 cm³/mol. The first kappa shape index (κ1) is 19.9. The van der Waals surface area contributed by atoms with Gasteiger partial charge in [-0.2, -0.15) is 31.2 Å². The van der Waals surface area contributed by atoms with E-state index in [2.05, 4.69) is 19.6 Å². The lowest BCUT2D eigenvalue weighted by Crippen LogP contribution is -2.40. The zero-order valence-electron chi connectivity index (χ0n) is 15.0. The van der Waals surface area contributed by atoms with E-state index in [9.17, 15) is 26.4 Å². The molecule has 10 nitrogen and oxygen atoms in total. The zero-order valence-corrected chi connectivity index (χ0v) is 15.8. The molecule has 0 aliphatic rings. The van der Waals surface area contributed by atoms with Gasteiger partial charge in [0.05, 0.1) is 17.3 Å². The summed E-state index contributed by atoms with van der Waals surface area (Å²) in [6, 6.07) is 1.38. The van der Waals surface area contributed by atoms with Gasteiger partial charge in [-0.1, -0.05) is 30.8 Å². The van der Waals surface area contributed by atoms with Crippen molar-refractivity contribution in [1.82, 2.24) is 24.7 Å². The number of hydrogen-bond acceptors (Lipinski definition) is 8. The van der Waals surface area contributed by atoms with Gasteiger partial charge in [-0.05, 0) is 12.3 Å². The number of alkyl halides is 3. The highest BCUT2D eigenvalue weighted by atomic mass is 32.2. The molecular weight excluding hydrogens is 407 g/mol. The second-order valence-corrected chi connectivity index (χ2v) is 8.39. The van der Waals surface area contributed by atoms with Crippen LogP contribution in [0.2, 0.25) is 0 Å². The maximum Gasteiger partial charge on any atom is 0.536 e. The molecule has 0 atom stereocenters. The number of hydrogen-bond donors (Lipinski definition) is 0. The van der Waals surface area contributed by atoms with Gasteiger partial charge in [-0.3, -0.25) is 9.08 Å². The monoisotopic (exact) mass is 421 g/mol. The molecule has 3 heterocycles. The molecule has 0 aliphatic heterocycles. The van der Waals surface area contributed by atoms with Crippen LogP contribution in [0.4, 0.5) is 13.2 Å². The SMILES string of the molecule is Cc1cc(-c2nncc3c(C(C)(C)C)c(=O)n(OS(=O)(=O)C(F)(F)F)n23)no1. The third-order valence-corrected chi connectivity index (χ3v) is 4.55. The molecule has 3 rings (SSSR count). The number of halogens is 3. The molecule has 0 saturated carbocycles. The third-order valence-electron chi connectivity index (χ3n) is 3.65. The topological polar surface area (TPSA) is 122 Å². The van der Waals surface area contributed by atoms with E-state index in [1.54, 1.807) is 27.7 Å². The Balaban J connectivity index is 2.43. The first-order valence-corrected chi connectivity index (χ1v) is 9.09. The van der Waals surface area contributed by atoms with E-state index in [0.717, 1.165) is 10.7 Å². The Labute approximate surface area is 155 Å². The lowest BCUT2D eigenvalue weighted by molar-refractivity contribution is -0.0562. The smallest absolute Gasteiger partial charge is 0.361 e. The summed E-state index contributed by atoms with van der Waals surface area (Å²) < 4.78 is 71.4. The summed E-state index contributed by atoms with van der Waals surface area (Å²) in [4.78, 5) is 12.8. The zero-order chi connectivity index (χ0) is 21.1. The Kier molecular flexibility index (Phi) is 4.29. The van der Waals surface area contributed by atoms with E-state index >= 15 is 0 Å². The fraction of sp³-hybridized carbons (Fsp3) is 0.429. The van der Waals surface area contributed by atoms with E-state index < -0.39 is 26.6 Å². The second-order valence-electron chi connectivity index (χ2n) is 6.87. The maximum atomic E-state index is 12.8. The van der Waals surface area contributed by atoms with Crippen molar-refractivity contribution in [3.05, 3.63) is 33.9 Å². The third kappa shape index (κ3) is 3.12. The van der Waals surface area contributed by atoms with Crippen molar-refractivity contribution in [2.75, 3.05) is 0 Å². The molecule has 152 valence electrons. The minimum Gasteiger partial charge on any atom is -0.361 e. The lowest BCUT2D eigenvalue weighted by atomic mass is 9.88. The summed E-state index contributed by atoms with van der Waals surface area (Å²) in [5.41, 5.74) is -7.77. The maximum absolute atomic E-state index is 12.8. The van der Waals surface area contributed by atoms with Gasteiger partial charge >= 0.3 is 21.2 Å². The van der Waals surface area contributed by atoms with Gasteiger partial charge in [0.2, 0.25) is 5.82 Å². The molecule has 0 aliphatic carbocycles. The average Bonchev–Trinajstić information content (AvgIpc) is 3.07. The number of aromatic nitrogens is 5. The van der Waals surface area contributed by atoms with Gasteiger partial charge < -0.3 is 4.52 Å². The molecule has 0 amide bonds. The minimum atomic E-state index is -6.14. The molecule has 3 aromatic rings. The number of fused-ring (bicyclic) bond motifs is 1. The van der Waals surface area contributed by atoms with Crippen molar-refractivity contribution in [3.63, 3.8) is 0 Å². The first-order valence-electron chi connectivity index (χ1n) is 7.69. The van der Waals surface area contributed by atoms with Gasteiger partial charge in [-0.25, -0.2) is 0 Å². The highest BCUT2D eigenvalue weighted by molar-refractivity contribution is 7.87. The molecule has 0 unspecified atom stereocenters. The van der Waals surface area contributed by atoms with Gasteiger partial charge in [0, 0.05) is 6.07 Å². The number of aryl methyl sites for hydroxylation is 1. The lowest BCUT2D eigenvalue weighted by Gasteiger charge is -2.15. The van der Waals surface area contributed by atoms with Crippen LogP contribution in [-0.2, 0) is 15.5 Å². The minimum absolute atomic E-state index is 0.000488. The second kappa shape index (κ2) is 6.05. The van der Waals surface area contributed by atoms with Crippen LogP contribution in [0.5, 0.6) is 0 Å². The van der Waals surface area contributed by atoms with Crippen molar-refractivity contribution in [1.29, 1.82) is 0 Å². The first-order chi connectivity index (χ1) is 12.7. The van der Waals surface area contributed by atoms with E-state index in [4.69, 9.17) is 4.52 Å². The Morgan fingerprint density at radius 1 is 1.21 bits per heavy atom. The van der Waals surface area contributed by atoms with Crippen LogP contribution in [0.25, 0.3) is 17.0 Å². The standard InChI is InChI=1S/C14H14F3N5O5S/c1-7-5-8(20-26-7)11-19-18-6-9-10(13(2,3)4)12(23)22(21(9)11)27-28(24,25)14(15,16)17/h5-6H,1-4H3. The largest absolute Gasteiger partial charge is 0.536 e. The molecule has 0 spiro atoms. The van der Waals surface area contributed by atoms with Crippen LogP contribution in [0.1, 0.15) is 32.1 Å². The summed E-state index contributed by atoms with van der Waals surface area (Å²) in [7, 11) is -6.14. The normalized spacial score (nSPS) is 13.2. The van der Waals surface area contributed by atoms with Gasteiger partial charge in [0.25, 0.3) is 0 Å². The molecule has 0 fully saturated rings. The highest BCUT2D eigenvalue weighted by Gasteiger charge is 2.50. The summed E-state index contributed by atoms with van der Waals surface area (Å²) in [5, 5.41) is 11.2. The van der Waals surface area contributed by atoms with Gasteiger partial charge in [0.15, 0.2) is 5.69 Å². The van der Waals surface area contributed by atoms with Crippen LogP contribution in [0, 0.1) is 6.92 Å². The average molecular weight is 421 g/mol.